The lowest BCUT2D eigenvalue weighted by Gasteiger charge is -2.28. The van der Waals surface area contributed by atoms with Crippen molar-refractivity contribution in [3.8, 4) is 0 Å². The standard InChI is InChI=1S/C17H28N2/c1-4-14(2)18-13-15(3)19-11-9-16-7-5-6-8-17(16)10-12-19/h5-8,14-15,18H,4,9-13H2,1-3H3. The van der Waals surface area contributed by atoms with Crippen molar-refractivity contribution in [3.05, 3.63) is 35.4 Å². The average Bonchev–Trinajstić information content (AvgIpc) is 2.67. The maximum atomic E-state index is 3.63. The van der Waals surface area contributed by atoms with Gasteiger partial charge in [0.2, 0.25) is 0 Å². The summed E-state index contributed by atoms with van der Waals surface area (Å²) in [5.74, 6) is 0. The highest BCUT2D eigenvalue weighted by atomic mass is 15.2. The third-order valence-electron chi connectivity index (χ3n) is 4.45. The minimum atomic E-state index is 0.628. The van der Waals surface area contributed by atoms with Crippen LogP contribution in [-0.2, 0) is 12.8 Å². The van der Waals surface area contributed by atoms with Crippen LogP contribution in [0.1, 0.15) is 38.3 Å². The van der Waals surface area contributed by atoms with Crippen LogP contribution in [0.4, 0.5) is 0 Å². The summed E-state index contributed by atoms with van der Waals surface area (Å²) in [5, 5.41) is 3.63. The Balaban J connectivity index is 1.87. The molecule has 0 spiro atoms. The normalized spacial score (nSPS) is 19.5. The first kappa shape index (κ1) is 14.5. The number of rotatable bonds is 5. The molecule has 2 heteroatoms. The van der Waals surface area contributed by atoms with Gasteiger partial charge in [-0.2, -0.15) is 0 Å². The minimum absolute atomic E-state index is 0.628. The maximum Gasteiger partial charge on any atom is 0.0192 e. The number of nitrogens with zero attached hydrogens (tertiary/aromatic N) is 1. The van der Waals surface area contributed by atoms with Gasteiger partial charge in [-0.15, -0.1) is 0 Å². The Morgan fingerprint density at radius 3 is 2.21 bits per heavy atom. The molecule has 0 fully saturated rings. The molecule has 2 rings (SSSR count). The summed E-state index contributed by atoms with van der Waals surface area (Å²) in [6, 6.07) is 10.2. The van der Waals surface area contributed by atoms with E-state index in [1.165, 1.54) is 32.4 Å². The zero-order chi connectivity index (χ0) is 13.7. The first-order valence-corrected chi connectivity index (χ1v) is 7.75. The smallest absolute Gasteiger partial charge is 0.0192 e. The topological polar surface area (TPSA) is 15.3 Å². The van der Waals surface area contributed by atoms with Crippen molar-refractivity contribution >= 4 is 0 Å². The fourth-order valence-electron chi connectivity index (χ4n) is 2.77. The molecule has 1 aromatic carbocycles. The molecule has 0 radical (unpaired) electrons. The van der Waals surface area contributed by atoms with Crippen LogP contribution in [0.5, 0.6) is 0 Å². The molecule has 1 aliphatic heterocycles. The molecule has 0 amide bonds. The van der Waals surface area contributed by atoms with E-state index in [1.807, 2.05) is 0 Å². The highest BCUT2D eigenvalue weighted by Gasteiger charge is 2.18. The predicted molar refractivity (Wildman–Crippen MR) is 82.6 cm³/mol. The van der Waals surface area contributed by atoms with Crippen LogP contribution < -0.4 is 5.32 Å². The van der Waals surface area contributed by atoms with Crippen molar-refractivity contribution in [3.63, 3.8) is 0 Å². The third-order valence-corrected chi connectivity index (χ3v) is 4.45. The highest BCUT2D eigenvalue weighted by Crippen LogP contribution is 2.16. The molecular formula is C17H28N2. The lowest BCUT2D eigenvalue weighted by Crippen LogP contribution is -2.43. The molecule has 2 unspecified atom stereocenters. The summed E-state index contributed by atoms with van der Waals surface area (Å²) in [4.78, 5) is 2.63. The van der Waals surface area contributed by atoms with Gasteiger partial charge in [-0.1, -0.05) is 31.2 Å². The molecule has 0 bridgehead atoms. The molecule has 1 aromatic rings. The summed E-state index contributed by atoms with van der Waals surface area (Å²) in [7, 11) is 0. The fourth-order valence-corrected chi connectivity index (χ4v) is 2.77. The average molecular weight is 260 g/mol. The SMILES string of the molecule is CCC(C)NCC(C)N1CCc2ccccc2CC1. The van der Waals surface area contributed by atoms with E-state index in [-0.39, 0.29) is 0 Å². The molecule has 106 valence electrons. The van der Waals surface area contributed by atoms with Crippen molar-refractivity contribution < 1.29 is 0 Å². The van der Waals surface area contributed by atoms with Crippen molar-refractivity contribution in [2.75, 3.05) is 19.6 Å². The lowest BCUT2D eigenvalue weighted by atomic mass is 10.0. The Bertz CT molecular complexity index is 362. The Kier molecular flexibility index (Phi) is 5.41. The zero-order valence-corrected chi connectivity index (χ0v) is 12.7. The summed E-state index contributed by atoms with van der Waals surface area (Å²) < 4.78 is 0. The molecule has 0 aliphatic carbocycles. The second-order valence-corrected chi connectivity index (χ2v) is 5.87. The van der Waals surface area contributed by atoms with Gasteiger partial charge in [0.05, 0.1) is 0 Å². The van der Waals surface area contributed by atoms with Crippen LogP contribution in [0, 0.1) is 0 Å². The van der Waals surface area contributed by atoms with Crippen molar-refractivity contribution in [2.24, 2.45) is 0 Å². The van der Waals surface area contributed by atoms with E-state index >= 15 is 0 Å². The second kappa shape index (κ2) is 7.06. The molecule has 0 saturated heterocycles. The molecule has 2 nitrogen and oxygen atoms in total. The Morgan fingerprint density at radius 1 is 1.11 bits per heavy atom. The quantitative estimate of drug-likeness (QED) is 0.876. The van der Waals surface area contributed by atoms with Gasteiger partial charge >= 0.3 is 0 Å². The molecule has 1 heterocycles. The van der Waals surface area contributed by atoms with Crippen molar-refractivity contribution in [1.29, 1.82) is 0 Å². The van der Waals surface area contributed by atoms with Crippen molar-refractivity contribution in [2.45, 2.75) is 52.1 Å². The minimum Gasteiger partial charge on any atom is -0.313 e. The Labute approximate surface area is 118 Å². The van der Waals surface area contributed by atoms with Crippen LogP contribution >= 0.6 is 0 Å². The second-order valence-electron chi connectivity index (χ2n) is 5.87. The monoisotopic (exact) mass is 260 g/mol. The Hall–Kier alpha value is -0.860. The van der Waals surface area contributed by atoms with Crippen LogP contribution in [0.3, 0.4) is 0 Å². The van der Waals surface area contributed by atoms with Gasteiger partial charge in [0.1, 0.15) is 0 Å². The largest absolute Gasteiger partial charge is 0.313 e. The summed E-state index contributed by atoms with van der Waals surface area (Å²) in [6.07, 6.45) is 3.60. The van der Waals surface area contributed by atoms with E-state index in [1.54, 1.807) is 11.1 Å². The van der Waals surface area contributed by atoms with E-state index < -0.39 is 0 Å². The first-order chi connectivity index (χ1) is 9.20. The predicted octanol–water partition coefficient (Wildman–Crippen LogP) is 2.86. The van der Waals surface area contributed by atoms with Crippen LogP contribution in [-0.4, -0.2) is 36.6 Å². The van der Waals surface area contributed by atoms with E-state index in [2.05, 4.69) is 55.3 Å². The molecular weight excluding hydrogens is 232 g/mol. The first-order valence-electron chi connectivity index (χ1n) is 7.75. The molecule has 0 saturated carbocycles. The summed E-state index contributed by atoms with van der Waals surface area (Å²) in [5.41, 5.74) is 3.10. The van der Waals surface area contributed by atoms with Gasteiger partial charge in [-0.05, 0) is 44.2 Å². The van der Waals surface area contributed by atoms with Gasteiger partial charge in [0, 0.05) is 31.7 Å². The fraction of sp³-hybridized carbons (Fsp3) is 0.647. The number of benzene rings is 1. The Morgan fingerprint density at radius 2 is 1.68 bits per heavy atom. The van der Waals surface area contributed by atoms with Crippen LogP contribution in [0.15, 0.2) is 24.3 Å². The molecule has 0 aromatic heterocycles. The lowest BCUT2D eigenvalue weighted by molar-refractivity contribution is 0.210. The van der Waals surface area contributed by atoms with Gasteiger partial charge in [-0.3, -0.25) is 4.90 Å². The summed E-state index contributed by atoms with van der Waals surface area (Å²) >= 11 is 0. The van der Waals surface area contributed by atoms with Gasteiger partial charge < -0.3 is 5.32 Å². The highest BCUT2D eigenvalue weighted by molar-refractivity contribution is 5.28. The van der Waals surface area contributed by atoms with Gasteiger partial charge in [0.25, 0.3) is 0 Å². The molecule has 1 aliphatic rings. The van der Waals surface area contributed by atoms with Gasteiger partial charge in [-0.25, -0.2) is 0 Å². The summed E-state index contributed by atoms with van der Waals surface area (Å²) in [6.45, 7) is 10.4. The number of fused-ring (bicyclic) bond motifs is 1. The number of hydrogen-bond acceptors (Lipinski definition) is 2. The number of nitrogens with one attached hydrogen (secondary N) is 1. The molecule has 19 heavy (non-hydrogen) atoms. The van der Waals surface area contributed by atoms with Crippen molar-refractivity contribution in [1.82, 2.24) is 10.2 Å². The van der Waals surface area contributed by atoms with Crippen LogP contribution in [0.25, 0.3) is 0 Å². The maximum absolute atomic E-state index is 3.63. The molecule has 2 atom stereocenters. The van der Waals surface area contributed by atoms with Crippen LogP contribution in [0.2, 0.25) is 0 Å². The van der Waals surface area contributed by atoms with E-state index in [0.717, 1.165) is 6.54 Å². The van der Waals surface area contributed by atoms with E-state index in [9.17, 15) is 0 Å². The van der Waals surface area contributed by atoms with E-state index in [0.29, 0.717) is 12.1 Å². The van der Waals surface area contributed by atoms with E-state index in [4.69, 9.17) is 0 Å². The third kappa shape index (κ3) is 4.05. The molecule has 1 N–H and O–H groups in total. The number of hydrogen-bond donors (Lipinski definition) is 1. The zero-order valence-electron chi connectivity index (χ0n) is 12.7. The van der Waals surface area contributed by atoms with Gasteiger partial charge in [0.15, 0.2) is 0 Å².